The van der Waals surface area contributed by atoms with Crippen LogP contribution in [0, 0.1) is 6.92 Å². The summed E-state index contributed by atoms with van der Waals surface area (Å²) in [5, 5.41) is 11.2. The summed E-state index contributed by atoms with van der Waals surface area (Å²) >= 11 is 0. The van der Waals surface area contributed by atoms with Crippen LogP contribution in [0.15, 0.2) is 59.9 Å². The summed E-state index contributed by atoms with van der Waals surface area (Å²) in [5.41, 5.74) is 5.16. The monoisotopic (exact) mass is 358 g/mol. The van der Waals surface area contributed by atoms with Gasteiger partial charge >= 0.3 is 0 Å². The van der Waals surface area contributed by atoms with E-state index in [1.807, 2.05) is 31.2 Å². The number of aromatic nitrogens is 5. The smallest absolute Gasteiger partial charge is 0.259 e. The molecule has 0 spiro atoms. The molecule has 4 heterocycles. The predicted molar refractivity (Wildman–Crippen MR) is 99.5 cm³/mol. The highest BCUT2D eigenvalue weighted by Crippen LogP contribution is 2.29. The molecule has 8 heteroatoms. The van der Waals surface area contributed by atoms with Gasteiger partial charge in [0.25, 0.3) is 5.91 Å². The number of hydrogen-bond acceptors (Lipinski definition) is 5. The molecule has 0 aliphatic heterocycles. The standard InChI is InChI=1S/C19H14N6O2/c1-11-15(7-21-17-8-20-10-25(11)17)19(26)22-13-2-3-16-14(6-13)18(24-23-16)12-4-5-27-9-12/h2-10H,1H3,(H,22,26)(H,23,24). The minimum atomic E-state index is -0.233. The number of anilines is 1. The zero-order valence-corrected chi connectivity index (χ0v) is 14.3. The van der Waals surface area contributed by atoms with Gasteiger partial charge in [-0.1, -0.05) is 0 Å². The molecule has 0 aliphatic carbocycles. The maximum absolute atomic E-state index is 12.8. The zero-order chi connectivity index (χ0) is 18.4. The van der Waals surface area contributed by atoms with Crippen molar-refractivity contribution in [2.24, 2.45) is 0 Å². The Morgan fingerprint density at radius 1 is 1.26 bits per heavy atom. The van der Waals surface area contributed by atoms with E-state index in [4.69, 9.17) is 4.42 Å². The Morgan fingerprint density at radius 2 is 2.19 bits per heavy atom. The second-order valence-corrected chi connectivity index (χ2v) is 6.18. The van der Waals surface area contributed by atoms with Crippen LogP contribution in [-0.2, 0) is 0 Å². The van der Waals surface area contributed by atoms with E-state index in [0.29, 0.717) is 16.9 Å². The van der Waals surface area contributed by atoms with Crippen LogP contribution < -0.4 is 5.32 Å². The van der Waals surface area contributed by atoms with E-state index >= 15 is 0 Å². The Balaban J connectivity index is 1.51. The number of nitrogens with zero attached hydrogens (tertiary/aromatic N) is 4. The Morgan fingerprint density at radius 3 is 3.04 bits per heavy atom. The lowest BCUT2D eigenvalue weighted by atomic mass is 10.1. The summed E-state index contributed by atoms with van der Waals surface area (Å²) < 4.78 is 6.93. The van der Waals surface area contributed by atoms with Crippen LogP contribution in [0.3, 0.4) is 0 Å². The van der Waals surface area contributed by atoms with Crippen molar-refractivity contribution in [1.82, 2.24) is 24.6 Å². The number of imidazole rings is 1. The molecular weight excluding hydrogens is 344 g/mol. The lowest BCUT2D eigenvalue weighted by molar-refractivity contribution is 0.102. The van der Waals surface area contributed by atoms with E-state index in [1.54, 1.807) is 35.6 Å². The first-order valence-corrected chi connectivity index (χ1v) is 8.30. The third-order valence-corrected chi connectivity index (χ3v) is 4.56. The average Bonchev–Trinajstić information content (AvgIpc) is 3.41. The van der Waals surface area contributed by atoms with E-state index in [0.717, 1.165) is 27.9 Å². The number of furan rings is 1. The van der Waals surface area contributed by atoms with Gasteiger partial charge in [0.1, 0.15) is 12.0 Å². The van der Waals surface area contributed by atoms with E-state index in [2.05, 4.69) is 25.5 Å². The molecule has 132 valence electrons. The molecule has 0 saturated heterocycles. The van der Waals surface area contributed by atoms with Crippen LogP contribution in [0.5, 0.6) is 0 Å². The lowest BCUT2D eigenvalue weighted by Gasteiger charge is -2.09. The fourth-order valence-corrected chi connectivity index (χ4v) is 3.13. The van der Waals surface area contributed by atoms with Gasteiger partial charge in [-0.2, -0.15) is 5.10 Å². The molecule has 0 fully saturated rings. The van der Waals surface area contributed by atoms with E-state index < -0.39 is 0 Å². The van der Waals surface area contributed by atoms with Crippen LogP contribution in [0.4, 0.5) is 5.69 Å². The number of amides is 1. The zero-order valence-electron chi connectivity index (χ0n) is 14.3. The summed E-state index contributed by atoms with van der Waals surface area (Å²) in [6, 6.07) is 7.44. The molecular formula is C19H14N6O2. The van der Waals surface area contributed by atoms with E-state index in [-0.39, 0.29) is 5.91 Å². The van der Waals surface area contributed by atoms with Crippen molar-refractivity contribution >= 4 is 28.1 Å². The topological polar surface area (TPSA) is 101 Å². The van der Waals surface area contributed by atoms with Gasteiger partial charge in [-0.25, -0.2) is 9.97 Å². The van der Waals surface area contributed by atoms with Gasteiger partial charge in [-0.3, -0.25) is 14.3 Å². The minimum Gasteiger partial charge on any atom is -0.472 e. The van der Waals surface area contributed by atoms with Gasteiger partial charge in [0, 0.05) is 28.5 Å². The fourth-order valence-electron chi connectivity index (χ4n) is 3.13. The third-order valence-electron chi connectivity index (χ3n) is 4.56. The quantitative estimate of drug-likeness (QED) is 0.514. The van der Waals surface area contributed by atoms with E-state index in [9.17, 15) is 4.79 Å². The molecule has 5 aromatic rings. The second kappa shape index (κ2) is 5.80. The molecule has 0 saturated carbocycles. The molecule has 0 radical (unpaired) electrons. The third kappa shape index (κ3) is 2.46. The van der Waals surface area contributed by atoms with Gasteiger partial charge in [-0.15, -0.1) is 0 Å². The molecule has 0 bridgehead atoms. The Hall–Kier alpha value is -3.94. The average molecular weight is 358 g/mol. The number of rotatable bonds is 3. The normalized spacial score (nSPS) is 11.3. The number of H-pyrrole nitrogens is 1. The summed E-state index contributed by atoms with van der Waals surface area (Å²) in [4.78, 5) is 21.1. The Kier molecular flexibility index (Phi) is 3.29. The number of carbonyl (C=O) groups is 1. The van der Waals surface area contributed by atoms with Crippen LogP contribution in [-0.4, -0.2) is 30.5 Å². The molecule has 2 N–H and O–H groups in total. The molecule has 8 nitrogen and oxygen atoms in total. The second-order valence-electron chi connectivity index (χ2n) is 6.18. The number of aryl methyl sites for hydroxylation is 1. The largest absolute Gasteiger partial charge is 0.472 e. The first-order valence-electron chi connectivity index (χ1n) is 8.30. The highest BCUT2D eigenvalue weighted by Gasteiger charge is 2.15. The highest BCUT2D eigenvalue weighted by atomic mass is 16.3. The fraction of sp³-hybridized carbons (Fsp3) is 0.0526. The molecule has 4 aromatic heterocycles. The number of carbonyl (C=O) groups excluding carboxylic acids is 1. The van der Waals surface area contributed by atoms with Crippen LogP contribution >= 0.6 is 0 Å². The maximum atomic E-state index is 12.8. The van der Waals surface area contributed by atoms with Gasteiger partial charge in [0.2, 0.25) is 0 Å². The van der Waals surface area contributed by atoms with Gasteiger partial charge in [0.05, 0.1) is 29.8 Å². The van der Waals surface area contributed by atoms with Gasteiger partial charge in [0.15, 0.2) is 5.65 Å². The van der Waals surface area contributed by atoms with Crippen LogP contribution in [0.2, 0.25) is 0 Å². The molecule has 27 heavy (non-hydrogen) atoms. The summed E-state index contributed by atoms with van der Waals surface area (Å²) in [7, 11) is 0. The highest BCUT2D eigenvalue weighted by molar-refractivity contribution is 6.06. The number of benzene rings is 1. The van der Waals surface area contributed by atoms with Crippen molar-refractivity contribution < 1.29 is 9.21 Å². The van der Waals surface area contributed by atoms with Crippen LogP contribution in [0.25, 0.3) is 27.8 Å². The summed E-state index contributed by atoms with van der Waals surface area (Å²) in [5.74, 6) is -0.233. The Bertz CT molecular complexity index is 1280. The summed E-state index contributed by atoms with van der Waals surface area (Å²) in [6.45, 7) is 1.86. The van der Waals surface area contributed by atoms with Crippen molar-refractivity contribution in [3.63, 3.8) is 0 Å². The Labute approximate surface area is 152 Å². The molecule has 1 aromatic carbocycles. The van der Waals surface area contributed by atoms with E-state index in [1.165, 1.54) is 0 Å². The van der Waals surface area contributed by atoms with Crippen molar-refractivity contribution in [2.45, 2.75) is 6.92 Å². The predicted octanol–water partition coefficient (Wildman–Crippen LogP) is 3.43. The summed E-state index contributed by atoms with van der Waals surface area (Å²) in [6.07, 6.45) is 8.09. The molecule has 1 amide bonds. The number of hydrogen-bond donors (Lipinski definition) is 2. The SMILES string of the molecule is Cc1c(C(=O)Nc2ccc3[nH]nc(-c4ccoc4)c3c2)cnc2cncn12. The van der Waals surface area contributed by atoms with Crippen LogP contribution in [0.1, 0.15) is 16.1 Å². The number of fused-ring (bicyclic) bond motifs is 2. The number of aromatic amines is 1. The molecule has 0 unspecified atom stereocenters. The number of nitrogens with one attached hydrogen (secondary N) is 2. The van der Waals surface area contributed by atoms with Gasteiger partial charge < -0.3 is 9.73 Å². The van der Waals surface area contributed by atoms with Crippen molar-refractivity contribution in [1.29, 1.82) is 0 Å². The maximum Gasteiger partial charge on any atom is 0.259 e. The minimum absolute atomic E-state index is 0.233. The van der Waals surface area contributed by atoms with Crippen molar-refractivity contribution in [2.75, 3.05) is 5.32 Å². The lowest BCUT2D eigenvalue weighted by Crippen LogP contribution is -2.15. The van der Waals surface area contributed by atoms with Crippen molar-refractivity contribution in [3.05, 3.63) is 66.8 Å². The van der Waals surface area contributed by atoms with Crippen molar-refractivity contribution in [3.8, 4) is 11.3 Å². The van der Waals surface area contributed by atoms with Gasteiger partial charge in [-0.05, 0) is 31.2 Å². The molecule has 0 atom stereocenters. The first kappa shape index (κ1) is 15.3. The molecule has 5 rings (SSSR count). The first-order chi connectivity index (χ1) is 13.2. The molecule has 0 aliphatic rings.